The number of nitrogens with zero attached hydrogens (tertiary/aromatic N) is 1. The first kappa shape index (κ1) is 12.0. The zero-order valence-electron chi connectivity index (χ0n) is 10.8. The van der Waals surface area contributed by atoms with Crippen molar-refractivity contribution in [2.24, 2.45) is 23.2 Å². The van der Waals surface area contributed by atoms with E-state index in [1.165, 1.54) is 19.4 Å². The van der Waals surface area contributed by atoms with Crippen LogP contribution in [0.15, 0.2) is 0 Å². The lowest BCUT2D eigenvalue weighted by Gasteiger charge is -2.47. The maximum atomic E-state index is 2.48. The molecule has 14 heavy (non-hydrogen) atoms. The van der Waals surface area contributed by atoms with E-state index < -0.39 is 0 Å². The Balaban J connectivity index is 2.72. The van der Waals surface area contributed by atoms with Crippen LogP contribution in [0, 0.1) is 23.2 Å². The molecule has 1 aliphatic rings. The highest BCUT2D eigenvalue weighted by molar-refractivity contribution is 4.91. The van der Waals surface area contributed by atoms with Gasteiger partial charge in [0, 0.05) is 6.54 Å². The third-order valence-electron chi connectivity index (χ3n) is 4.22. The molecule has 0 aromatic carbocycles. The molecule has 1 heteroatoms. The SMILES string of the molecule is C[C@H]1C[C@@H](C)[C@H](C)[C@@](C)(CN(C)C)C1. The van der Waals surface area contributed by atoms with Gasteiger partial charge in [-0.2, -0.15) is 0 Å². The van der Waals surface area contributed by atoms with E-state index in [9.17, 15) is 0 Å². The van der Waals surface area contributed by atoms with Crippen LogP contribution in [0.1, 0.15) is 40.5 Å². The average molecular weight is 197 g/mol. The summed E-state index contributed by atoms with van der Waals surface area (Å²) in [5.41, 5.74) is 0.528. The largest absolute Gasteiger partial charge is 0.309 e. The molecule has 1 fully saturated rings. The van der Waals surface area contributed by atoms with Crippen molar-refractivity contribution in [2.45, 2.75) is 40.5 Å². The Kier molecular flexibility index (Phi) is 3.63. The van der Waals surface area contributed by atoms with Gasteiger partial charge in [-0.3, -0.25) is 0 Å². The molecular formula is C13H27N. The predicted molar refractivity (Wildman–Crippen MR) is 63.4 cm³/mol. The highest BCUT2D eigenvalue weighted by Crippen LogP contribution is 2.46. The van der Waals surface area contributed by atoms with Crippen molar-refractivity contribution in [3.63, 3.8) is 0 Å². The van der Waals surface area contributed by atoms with Gasteiger partial charge in [0.05, 0.1) is 0 Å². The molecule has 1 aliphatic carbocycles. The maximum absolute atomic E-state index is 2.48. The molecule has 4 atom stereocenters. The van der Waals surface area contributed by atoms with Crippen molar-refractivity contribution >= 4 is 0 Å². The summed E-state index contributed by atoms with van der Waals surface area (Å²) in [6.45, 7) is 11.0. The molecule has 0 unspecified atom stereocenters. The minimum atomic E-state index is 0.528. The Morgan fingerprint density at radius 1 is 1.21 bits per heavy atom. The molecule has 1 saturated carbocycles. The molecule has 0 amide bonds. The second-order valence-electron chi connectivity index (χ2n) is 6.20. The summed E-state index contributed by atoms with van der Waals surface area (Å²) in [5.74, 6) is 2.66. The first-order valence-corrected chi connectivity index (χ1v) is 6.00. The minimum Gasteiger partial charge on any atom is -0.309 e. The van der Waals surface area contributed by atoms with Crippen molar-refractivity contribution in [1.82, 2.24) is 4.90 Å². The molecule has 0 aliphatic heterocycles. The number of rotatable bonds is 2. The van der Waals surface area contributed by atoms with Crippen molar-refractivity contribution in [1.29, 1.82) is 0 Å². The van der Waals surface area contributed by atoms with E-state index in [2.05, 4.69) is 46.7 Å². The molecule has 0 radical (unpaired) electrons. The fraction of sp³-hybridized carbons (Fsp3) is 1.00. The summed E-state index contributed by atoms with van der Waals surface area (Å²) in [5, 5.41) is 0. The van der Waals surface area contributed by atoms with Crippen LogP contribution in [0.5, 0.6) is 0 Å². The van der Waals surface area contributed by atoms with Crippen molar-refractivity contribution in [2.75, 3.05) is 20.6 Å². The van der Waals surface area contributed by atoms with Crippen LogP contribution in [0.2, 0.25) is 0 Å². The van der Waals surface area contributed by atoms with Gasteiger partial charge in [0.1, 0.15) is 0 Å². The van der Waals surface area contributed by atoms with Crippen molar-refractivity contribution in [3.8, 4) is 0 Å². The van der Waals surface area contributed by atoms with E-state index in [-0.39, 0.29) is 0 Å². The second-order valence-corrected chi connectivity index (χ2v) is 6.20. The van der Waals surface area contributed by atoms with E-state index in [0.29, 0.717) is 5.41 Å². The van der Waals surface area contributed by atoms with Gasteiger partial charge in [0.2, 0.25) is 0 Å². The molecule has 1 nitrogen and oxygen atoms in total. The molecule has 0 aromatic rings. The summed E-state index contributed by atoms with van der Waals surface area (Å²) in [4.78, 5) is 2.35. The van der Waals surface area contributed by atoms with Crippen LogP contribution in [0.4, 0.5) is 0 Å². The van der Waals surface area contributed by atoms with Gasteiger partial charge in [-0.1, -0.05) is 27.7 Å². The van der Waals surface area contributed by atoms with Gasteiger partial charge in [0.15, 0.2) is 0 Å². The molecule has 0 saturated heterocycles. The molecule has 0 aromatic heterocycles. The zero-order chi connectivity index (χ0) is 10.9. The van der Waals surface area contributed by atoms with Crippen LogP contribution in [-0.2, 0) is 0 Å². The third-order valence-corrected chi connectivity index (χ3v) is 4.22. The van der Waals surface area contributed by atoms with E-state index in [1.54, 1.807) is 0 Å². The third kappa shape index (κ3) is 2.50. The van der Waals surface area contributed by atoms with Gasteiger partial charge >= 0.3 is 0 Å². The molecule has 1 rings (SSSR count). The molecule has 0 N–H and O–H groups in total. The standard InChI is InChI=1S/C13H27N/c1-10-7-11(2)12(3)13(4,8-10)9-14(5)6/h10-12H,7-9H2,1-6H3/t10-,11+,12-,13+/m0/s1. The molecule has 0 spiro atoms. The first-order valence-electron chi connectivity index (χ1n) is 6.00. The van der Waals surface area contributed by atoms with Crippen LogP contribution < -0.4 is 0 Å². The quantitative estimate of drug-likeness (QED) is 0.657. The normalized spacial score (nSPS) is 44.4. The van der Waals surface area contributed by atoms with Crippen molar-refractivity contribution in [3.05, 3.63) is 0 Å². The molecule has 84 valence electrons. The van der Waals surface area contributed by atoms with E-state index in [4.69, 9.17) is 0 Å². The van der Waals surface area contributed by atoms with Crippen LogP contribution in [-0.4, -0.2) is 25.5 Å². The monoisotopic (exact) mass is 197 g/mol. The molecule has 0 bridgehead atoms. The van der Waals surface area contributed by atoms with Gasteiger partial charge in [-0.15, -0.1) is 0 Å². The lowest BCUT2D eigenvalue weighted by atomic mass is 9.60. The Hall–Kier alpha value is -0.0400. The highest BCUT2D eigenvalue weighted by Gasteiger charge is 2.40. The second kappa shape index (κ2) is 4.22. The zero-order valence-corrected chi connectivity index (χ0v) is 10.8. The topological polar surface area (TPSA) is 3.24 Å². The van der Waals surface area contributed by atoms with Crippen LogP contribution in [0.3, 0.4) is 0 Å². The van der Waals surface area contributed by atoms with Gasteiger partial charge in [-0.25, -0.2) is 0 Å². The summed E-state index contributed by atoms with van der Waals surface area (Å²) in [7, 11) is 4.39. The summed E-state index contributed by atoms with van der Waals surface area (Å²) < 4.78 is 0. The maximum Gasteiger partial charge on any atom is 0.00320 e. The number of hydrogen-bond donors (Lipinski definition) is 0. The number of hydrogen-bond acceptors (Lipinski definition) is 1. The fourth-order valence-corrected chi connectivity index (χ4v) is 3.52. The Morgan fingerprint density at radius 3 is 2.29 bits per heavy atom. The summed E-state index contributed by atoms with van der Waals surface area (Å²) in [6, 6.07) is 0. The highest BCUT2D eigenvalue weighted by atomic mass is 15.1. The van der Waals surface area contributed by atoms with Gasteiger partial charge in [0.25, 0.3) is 0 Å². The van der Waals surface area contributed by atoms with E-state index in [1.807, 2.05) is 0 Å². The Morgan fingerprint density at radius 2 is 1.79 bits per heavy atom. The molecule has 0 heterocycles. The van der Waals surface area contributed by atoms with Gasteiger partial charge < -0.3 is 4.90 Å². The molecular weight excluding hydrogens is 170 g/mol. The summed E-state index contributed by atoms with van der Waals surface area (Å²) >= 11 is 0. The lowest BCUT2D eigenvalue weighted by molar-refractivity contribution is 0.0251. The fourth-order valence-electron chi connectivity index (χ4n) is 3.52. The Labute approximate surface area is 89.9 Å². The predicted octanol–water partition coefficient (Wildman–Crippen LogP) is 3.26. The first-order chi connectivity index (χ1) is 6.35. The Bertz CT molecular complexity index is 184. The van der Waals surface area contributed by atoms with Crippen molar-refractivity contribution < 1.29 is 0 Å². The minimum absolute atomic E-state index is 0.528. The lowest BCUT2D eigenvalue weighted by Crippen LogP contribution is -2.43. The smallest absolute Gasteiger partial charge is 0.00320 e. The van der Waals surface area contributed by atoms with Crippen LogP contribution in [0.25, 0.3) is 0 Å². The van der Waals surface area contributed by atoms with E-state index in [0.717, 1.165) is 17.8 Å². The van der Waals surface area contributed by atoms with Gasteiger partial charge in [-0.05, 0) is 50.1 Å². The van der Waals surface area contributed by atoms with E-state index >= 15 is 0 Å². The van der Waals surface area contributed by atoms with Crippen LogP contribution >= 0.6 is 0 Å². The summed E-state index contributed by atoms with van der Waals surface area (Å²) in [6.07, 6.45) is 2.82. The average Bonchev–Trinajstić information content (AvgIpc) is 1.98.